The second-order valence-electron chi connectivity index (χ2n) is 7.16. The Labute approximate surface area is 148 Å². The molecule has 0 aromatic carbocycles. The molecule has 1 aromatic heterocycles. The van der Waals surface area contributed by atoms with E-state index in [1.807, 2.05) is 11.8 Å². The van der Waals surface area contributed by atoms with Gasteiger partial charge < -0.3 is 9.42 Å². The van der Waals surface area contributed by atoms with Gasteiger partial charge in [-0.2, -0.15) is 0 Å². The number of aromatic nitrogens is 1. The van der Waals surface area contributed by atoms with Crippen LogP contribution in [-0.4, -0.2) is 83.5 Å². The fraction of sp³-hybridized carbons (Fsp3) is 0.706. The Balaban J connectivity index is 1.48. The summed E-state index contributed by atoms with van der Waals surface area (Å²) in [6, 6.07) is 2.15. The van der Waals surface area contributed by atoms with E-state index in [0.717, 1.165) is 45.0 Å². The topological polar surface area (TPSA) is 81.9 Å². The van der Waals surface area contributed by atoms with Crippen LogP contribution >= 0.6 is 0 Å². The zero-order valence-electron chi connectivity index (χ0n) is 15.2. The molecule has 1 aromatic rings. The second-order valence-corrected chi connectivity index (χ2v) is 7.16. The van der Waals surface area contributed by atoms with Gasteiger partial charge in [-0.1, -0.05) is 12.1 Å². The van der Waals surface area contributed by atoms with Gasteiger partial charge in [-0.3, -0.25) is 24.7 Å². The molecule has 0 unspecified atom stereocenters. The van der Waals surface area contributed by atoms with Gasteiger partial charge >= 0.3 is 0 Å². The van der Waals surface area contributed by atoms with Gasteiger partial charge in [-0.05, 0) is 12.8 Å². The quantitative estimate of drug-likeness (QED) is 0.848. The molecule has 8 nitrogen and oxygen atoms in total. The molecule has 0 spiro atoms. The predicted octanol–water partition coefficient (Wildman–Crippen LogP) is 0.406. The van der Waals surface area contributed by atoms with Crippen LogP contribution in [-0.2, 0) is 9.59 Å². The lowest BCUT2D eigenvalue weighted by Gasteiger charge is -2.39. The fourth-order valence-corrected chi connectivity index (χ4v) is 3.82. The van der Waals surface area contributed by atoms with Crippen molar-refractivity contribution in [1.29, 1.82) is 0 Å². The van der Waals surface area contributed by atoms with Crippen LogP contribution in [0, 0.1) is 12.8 Å². The van der Waals surface area contributed by atoms with Crippen molar-refractivity contribution in [2.24, 2.45) is 5.92 Å². The van der Waals surface area contributed by atoms with Crippen LogP contribution in [0.25, 0.3) is 0 Å². The molecule has 2 atom stereocenters. The van der Waals surface area contributed by atoms with Gasteiger partial charge in [-0.25, -0.2) is 0 Å². The number of anilines is 1. The van der Waals surface area contributed by atoms with Crippen LogP contribution in [0.4, 0.5) is 5.88 Å². The molecule has 2 amide bonds. The molecule has 0 saturated carbocycles. The molecule has 3 rings (SSSR count). The summed E-state index contributed by atoms with van der Waals surface area (Å²) in [6.07, 6.45) is 0. The van der Waals surface area contributed by atoms with Crippen LogP contribution in [0.5, 0.6) is 0 Å². The van der Waals surface area contributed by atoms with Crippen molar-refractivity contribution in [1.82, 2.24) is 19.9 Å². The monoisotopic (exact) mass is 349 g/mol. The van der Waals surface area contributed by atoms with E-state index in [0.29, 0.717) is 24.4 Å². The highest BCUT2D eigenvalue weighted by molar-refractivity contribution is 5.91. The minimum absolute atomic E-state index is 0.0783. The van der Waals surface area contributed by atoms with E-state index < -0.39 is 0 Å². The average molecular weight is 349 g/mol. The SMILES string of the molecule is CC(=O)N1CCN([C@@H]2CN(CC(=O)Nc3cc(C)no3)C[C@H]2C)CC1. The molecule has 0 bridgehead atoms. The largest absolute Gasteiger partial charge is 0.340 e. The zero-order valence-corrected chi connectivity index (χ0v) is 15.2. The third kappa shape index (κ3) is 4.38. The van der Waals surface area contributed by atoms with Crippen molar-refractivity contribution in [3.8, 4) is 0 Å². The molecule has 8 heteroatoms. The molecular formula is C17H27N5O3. The highest BCUT2D eigenvalue weighted by Crippen LogP contribution is 2.23. The number of nitrogens with zero attached hydrogens (tertiary/aromatic N) is 4. The molecule has 0 aliphatic carbocycles. The summed E-state index contributed by atoms with van der Waals surface area (Å²) in [5.74, 6) is 0.973. The van der Waals surface area contributed by atoms with Gasteiger partial charge in [-0.15, -0.1) is 0 Å². The highest BCUT2D eigenvalue weighted by Gasteiger charge is 2.36. The minimum atomic E-state index is -0.0783. The van der Waals surface area contributed by atoms with Gasteiger partial charge in [0.05, 0.1) is 12.2 Å². The van der Waals surface area contributed by atoms with Gasteiger partial charge in [0.1, 0.15) is 0 Å². The standard InChI is InChI=1S/C17H27N5O3/c1-12-9-20(11-16(24)18-17-8-13(2)19-25-17)10-15(12)22-6-4-21(5-7-22)14(3)23/h8,12,15H,4-7,9-11H2,1-3H3,(H,18,24)/t12-,15-/m1/s1. The summed E-state index contributed by atoms with van der Waals surface area (Å²) >= 11 is 0. The first-order chi connectivity index (χ1) is 11.9. The van der Waals surface area contributed by atoms with Crippen LogP contribution in [0.15, 0.2) is 10.6 Å². The molecule has 25 heavy (non-hydrogen) atoms. The number of piperazine rings is 1. The third-order valence-corrected chi connectivity index (χ3v) is 5.13. The molecule has 0 radical (unpaired) electrons. The summed E-state index contributed by atoms with van der Waals surface area (Å²) in [5, 5.41) is 6.52. The number of rotatable bonds is 4. The van der Waals surface area contributed by atoms with Crippen LogP contribution in [0.2, 0.25) is 0 Å². The van der Waals surface area contributed by atoms with Crippen molar-refractivity contribution >= 4 is 17.7 Å². The van der Waals surface area contributed by atoms with E-state index in [2.05, 4.69) is 27.2 Å². The Morgan fingerprint density at radius 2 is 2.00 bits per heavy atom. The number of hydrogen-bond donors (Lipinski definition) is 1. The van der Waals surface area contributed by atoms with Gasteiger partial charge in [0.15, 0.2) is 0 Å². The Morgan fingerprint density at radius 3 is 2.60 bits per heavy atom. The Hall–Kier alpha value is -1.93. The Morgan fingerprint density at radius 1 is 1.28 bits per heavy atom. The van der Waals surface area contributed by atoms with E-state index in [4.69, 9.17) is 4.52 Å². The minimum Gasteiger partial charge on any atom is -0.340 e. The van der Waals surface area contributed by atoms with E-state index in [9.17, 15) is 9.59 Å². The maximum absolute atomic E-state index is 12.2. The van der Waals surface area contributed by atoms with Crippen molar-refractivity contribution < 1.29 is 14.1 Å². The summed E-state index contributed by atoms with van der Waals surface area (Å²) in [5.41, 5.74) is 0.745. The summed E-state index contributed by atoms with van der Waals surface area (Å²) in [4.78, 5) is 30.2. The highest BCUT2D eigenvalue weighted by atomic mass is 16.5. The first-order valence-electron chi connectivity index (χ1n) is 8.87. The maximum atomic E-state index is 12.2. The zero-order chi connectivity index (χ0) is 18.0. The number of nitrogens with one attached hydrogen (secondary N) is 1. The van der Waals surface area contributed by atoms with E-state index in [1.54, 1.807) is 13.0 Å². The molecule has 138 valence electrons. The molecule has 2 fully saturated rings. The molecule has 1 N–H and O–H groups in total. The number of aryl methyl sites for hydroxylation is 1. The van der Waals surface area contributed by atoms with Gasteiger partial charge in [0, 0.05) is 58.3 Å². The number of amides is 2. The number of carbonyl (C=O) groups excluding carboxylic acids is 2. The van der Waals surface area contributed by atoms with Crippen LogP contribution in [0.1, 0.15) is 19.5 Å². The normalized spacial score (nSPS) is 25.3. The average Bonchev–Trinajstić information content (AvgIpc) is 3.13. The smallest absolute Gasteiger partial charge is 0.240 e. The predicted molar refractivity (Wildman–Crippen MR) is 93.1 cm³/mol. The lowest BCUT2D eigenvalue weighted by molar-refractivity contribution is -0.131. The number of carbonyl (C=O) groups is 2. The van der Waals surface area contributed by atoms with Crippen molar-refractivity contribution in [3.63, 3.8) is 0 Å². The lowest BCUT2D eigenvalue weighted by atomic mass is 10.0. The van der Waals surface area contributed by atoms with Gasteiger partial charge in [0.25, 0.3) is 0 Å². The van der Waals surface area contributed by atoms with E-state index >= 15 is 0 Å². The first kappa shape index (κ1) is 17.9. The summed E-state index contributed by atoms with van der Waals surface area (Å²) in [6.45, 7) is 11.2. The maximum Gasteiger partial charge on any atom is 0.240 e. The van der Waals surface area contributed by atoms with Crippen LogP contribution < -0.4 is 5.32 Å². The van der Waals surface area contributed by atoms with Crippen LogP contribution in [0.3, 0.4) is 0 Å². The number of likely N-dealkylation sites (tertiary alicyclic amines) is 1. The third-order valence-electron chi connectivity index (χ3n) is 5.13. The van der Waals surface area contributed by atoms with Gasteiger partial charge in [0.2, 0.25) is 17.7 Å². The fourth-order valence-electron chi connectivity index (χ4n) is 3.82. The molecule has 2 aliphatic rings. The summed E-state index contributed by atoms with van der Waals surface area (Å²) in [7, 11) is 0. The van der Waals surface area contributed by atoms with E-state index in [1.165, 1.54) is 0 Å². The molecule has 2 saturated heterocycles. The Kier molecular flexibility index (Phi) is 5.39. The molecule has 2 aliphatic heterocycles. The molecule has 3 heterocycles. The Bertz CT molecular complexity index is 624. The second kappa shape index (κ2) is 7.53. The lowest BCUT2D eigenvalue weighted by Crippen LogP contribution is -2.53. The van der Waals surface area contributed by atoms with Crippen molar-refractivity contribution in [2.75, 3.05) is 51.1 Å². The summed E-state index contributed by atoms with van der Waals surface area (Å²) < 4.78 is 5.03. The number of hydrogen-bond acceptors (Lipinski definition) is 6. The van der Waals surface area contributed by atoms with E-state index in [-0.39, 0.29) is 11.8 Å². The first-order valence-corrected chi connectivity index (χ1v) is 8.87. The molecular weight excluding hydrogens is 322 g/mol. The van der Waals surface area contributed by atoms with Crippen molar-refractivity contribution in [2.45, 2.75) is 26.8 Å². The van der Waals surface area contributed by atoms with Crippen molar-refractivity contribution in [3.05, 3.63) is 11.8 Å².